The maximum Gasteiger partial charge on any atom is 0.416 e. The summed E-state index contributed by atoms with van der Waals surface area (Å²) in [4.78, 5) is 24.8. The Morgan fingerprint density at radius 2 is 1.77 bits per heavy atom. The van der Waals surface area contributed by atoms with E-state index >= 15 is 0 Å². The minimum absolute atomic E-state index is 0.0336. The van der Waals surface area contributed by atoms with E-state index in [9.17, 15) is 22.8 Å². The largest absolute Gasteiger partial charge is 0.495 e. The second kappa shape index (κ2) is 8.44. The SMILES string of the molecule is COc1ccc(C)cc1NC(=O)c1ccc(=O)n(Cc2ccc(C(F)(F)F)cc2)c1. The zero-order chi connectivity index (χ0) is 21.9. The van der Waals surface area contributed by atoms with Gasteiger partial charge in [-0.1, -0.05) is 18.2 Å². The first-order valence-corrected chi connectivity index (χ1v) is 9.00. The predicted octanol–water partition coefficient (Wildman–Crippen LogP) is 4.48. The molecule has 0 atom stereocenters. The molecule has 156 valence electrons. The fourth-order valence-corrected chi connectivity index (χ4v) is 2.90. The molecule has 5 nitrogen and oxygen atoms in total. The molecule has 1 aromatic heterocycles. The van der Waals surface area contributed by atoms with Gasteiger partial charge in [0.2, 0.25) is 0 Å². The van der Waals surface area contributed by atoms with Gasteiger partial charge in [0.25, 0.3) is 11.5 Å². The van der Waals surface area contributed by atoms with Gasteiger partial charge in [-0.05, 0) is 48.4 Å². The Morgan fingerprint density at radius 3 is 2.40 bits per heavy atom. The summed E-state index contributed by atoms with van der Waals surface area (Å²) >= 11 is 0. The molecule has 0 aliphatic heterocycles. The summed E-state index contributed by atoms with van der Waals surface area (Å²) in [5.74, 6) is 0.0482. The van der Waals surface area contributed by atoms with E-state index in [4.69, 9.17) is 4.74 Å². The van der Waals surface area contributed by atoms with Gasteiger partial charge in [0.1, 0.15) is 5.75 Å². The molecule has 8 heteroatoms. The highest BCUT2D eigenvalue weighted by Gasteiger charge is 2.29. The maximum atomic E-state index is 12.7. The molecule has 0 saturated heterocycles. The molecule has 3 aromatic rings. The smallest absolute Gasteiger partial charge is 0.416 e. The van der Waals surface area contributed by atoms with Gasteiger partial charge in [-0.3, -0.25) is 9.59 Å². The highest BCUT2D eigenvalue weighted by atomic mass is 19.4. The second-order valence-electron chi connectivity index (χ2n) is 6.74. The number of carbonyl (C=O) groups excluding carboxylic acids is 1. The molecule has 2 aromatic carbocycles. The van der Waals surface area contributed by atoms with Crippen LogP contribution in [0.15, 0.2) is 65.6 Å². The van der Waals surface area contributed by atoms with E-state index < -0.39 is 17.6 Å². The van der Waals surface area contributed by atoms with Crippen molar-refractivity contribution in [2.75, 3.05) is 12.4 Å². The number of pyridine rings is 1. The summed E-state index contributed by atoms with van der Waals surface area (Å²) in [5.41, 5.74) is 1.01. The number of carbonyl (C=O) groups is 1. The van der Waals surface area contributed by atoms with Crippen LogP contribution in [-0.4, -0.2) is 17.6 Å². The fourth-order valence-electron chi connectivity index (χ4n) is 2.90. The van der Waals surface area contributed by atoms with Crippen LogP contribution in [0.3, 0.4) is 0 Å². The number of hydrogen-bond donors (Lipinski definition) is 1. The van der Waals surface area contributed by atoms with Crippen molar-refractivity contribution < 1.29 is 22.7 Å². The summed E-state index contributed by atoms with van der Waals surface area (Å²) < 4.78 is 44.6. The minimum Gasteiger partial charge on any atom is -0.495 e. The number of benzene rings is 2. The van der Waals surface area contributed by atoms with Crippen LogP contribution < -0.4 is 15.6 Å². The van der Waals surface area contributed by atoms with Crippen molar-refractivity contribution in [3.05, 3.63) is 93.4 Å². The Hall–Kier alpha value is -3.55. The van der Waals surface area contributed by atoms with Gasteiger partial charge >= 0.3 is 6.18 Å². The molecule has 0 aliphatic rings. The Balaban J connectivity index is 1.82. The second-order valence-corrected chi connectivity index (χ2v) is 6.74. The first-order valence-electron chi connectivity index (χ1n) is 9.00. The van der Waals surface area contributed by atoms with Crippen molar-refractivity contribution in [1.29, 1.82) is 0 Å². The van der Waals surface area contributed by atoms with Gasteiger partial charge in [0.05, 0.1) is 30.5 Å². The molecule has 0 bridgehead atoms. The third kappa shape index (κ3) is 4.89. The zero-order valence-electron chi connectivity index (χ0n) is 16.3. The quantitative estimate of drug-likeness (QED) is 0.667. The Bertz CT molecular complexity index is 1120. The maximum absolute atomic E-state index is 12.7. The molecule has 1 heterocycles. The van der Waals surface area contributed by atoms with E-state index in [-0.39, 0.29) is 17.7 Å². The minimum atomic E-state index is -4.43. The molecule has 1 amide bonds. The van der Waals surface area contributed by atoms with Gasteiger partial charge in [0.15, 0.2) is 0 Å². The van der Waals surface area contributed by atoms with Crippen molar-refractivity contribution in [1.82, 2.24) is 4.57 Å². The van der Waals surface area contributed by atoms with E-state index in [0.717, 1.165) is 17.7 Å². The van der Waals surface area contributed by atoms with Crippen LogP contribution in [0.2, 0.25) is 0 Å². The van der Waals surface area contributed by atoms with Crippen molar-refractivity contribution >= 4 is 11.6 Å². The van der Waals surface area contributed by atoms with Gasteiger partial charge in [-0.25, -0.2) is 0 Å². The van der Waals surface area contributed by atoms with Gasteiger partial charge in [-0.2, -0.15) is 13.2 Å². The average molecular weight is 416 g/mol. The lowest BCUT2D eigenvalue weighted by molar-refractivity contribution is -0.137. The molecular formula is C22H19F3N2O3. The average Bonchev–Trinajstić information content (AvgIpc) is 2.69. The van der Waals surface area contributed by atoms with E-state index in [1.807, 2.05) is 13.0 Å². The first kappa shape index (κ1) is 21.2. The van der Waals surface area contributed by atoms with Crippen LogP contribution in [-0.2, 0) is 12.7 Å². The van der Waals surface area contributed by atoms with E-state index in [0.29, 0.717) is 17.0 Å². The third-order valence-corrected chi connectivity index (χ3v) is 4.48. The molecule has 0 saturated carbocycles. The number of hydrogen-bond acceptors (Lipinski definition) is 3. The molecule has 0 fully saturated rings. The lowest BCUT2D eigenvalue weighted by Gasteiger charge is -2.12. The number of nitrogens with one attached hydrogen (secondary N) is 1. The number of aromatic nitrogens is 1. The monoisotopic (exact) mass is 416 g/mol. The highest BCUT2D eigenvalue weighted by Crippen LogP contribution is 2.29. The fraction of sp³-hybridized carbons (Fsp3) is 0.182. The molecule has 0 spiro atoms. The van der Waals surface area contributed by atoms with Crippen molar-refractivity contribution in [2.45, 2.75) is 19.6 Å². The normalized spacial score (nSPS) is 11.2. The zero-order valence-corrected chi connectivity index (χ0v) is 16.3. The van der Waals surface area contributed by atoms with E-state index in [2.05, 4.69) is 5.32 Å². The summed E-state index contributed by atoms with van der Waals surface area (Å²) in [7, 11) is 1.49. The van der Waals surface area contributed by atoms with Crippen LogP contribution in [0.4, 0.5) is 18.9 Å². The molecule has 0 radical (unpaired) electrons. The standard InChI is InChI=1S/C22H19F3N2O3/c1-14-3-9-19(30-2)18(11-14)26-21(29)16-6-10-20(28)27(13-16)12-15-4-7-17(8-5-15)22(23,24)25/h3-11,13H,12H2,1-2H3,(H,26,29). The Kier molecular flexibility index (Phi) is 5.96. The van der Waals surface area contributed by atoms with Gasteiger partial charge in [0, 0.05) is 12.3 Å². The number of amides is 1. The van der Waals surface area contributed by atoms with Crippen LogP contribution in [0.1, 0.15) is 27.0 Å². The van der Waals surface area contributed by atoms with Crippen LogP contribution in [0, 0.1) is 6.92 Å². The van der Waals surface area contributed by atoms with Crippen LogP contribution in [0.5, 0.6) is 5.75 Å². The molecule has 0 unspecified atom stereocenters. The number of nitrogens with zero attached hydrogens (tertiary/aromatic N) is 1. The third-order valence-electron chi connectivity index (χ3n) is 4.48. The highest BCUT2D eigenvalue weighted by molar-refractivity contribution is 6.04. The number of halogens is 3. The molecule has 30 heavy (non-hydrogen) atoms. The molecular weight excluding hydrogens is 397 g/mol. The van der Waals surface area contributed by atoms with Gasteiger partial charge in [-0.15, -0.1) is 0 Å². The number of aryl methyl sites for hydroxylation is 1. The van der Waals surface area contributed by atoms with Crippen LogP contribution >= 0.6 is 0 Å². The lowest BCUT2D eigenvalue weighted by atomic mass is 10.1. The molecule has 3 rings (SSSR count). The lowest BCUT2D eigenvalue weighted by Crippen LogP contribution is -2.22. The van der Waals surface area contributed by atoms with Gasteiger partial charge < -0.3 is 14.6 Å². The Morgan fingerprint density at radius 1 is 1.07 bits per heavy atom. The number of anilines is 1. The van der Waals surface area contributed by atoms with E-state index in [1.54, 1.807) is 12.1 Å². The summed E-state index contributed by atoms with van der Waals surface area (Å²) in [6.07, 6.45) is -3.05. The van der Waals surface area contributed by atoms with Crippen molar-refractivity contribution in [3.8, 4) is 5.75 Å². The van der Waals surface area contributed by atoms with E-state index in [1.165, 1.54) is 42.1 Å². The number of alkyl halides is 3. The first-order chi connectivity index (χ1) is 14.2. The predicted molar refractivity (Wildman–Crippen MR) is 107 cm³/mol. The number of rotatable bonds is 5. The topological polar surface area (TPSA) is 60.3 Å². The molecule has 1 N–H and O–H groups in total. The Labute approximate surface area is 170 Å². The number of ether oxygens (including phenoxy) is 1. The van der Waals surface area contributed by atoms with Crippen LogP contribution in [0.25, 0.3) is 0 Å². The van der Waals surface area contributed by atoms with Crippen molar-refractivity contribution in [3.63, 3.8) is 0 Å². The van der Waals surface area contributed by atoms with Crippen molar-refractivity contribution in [2.24, 2.45) is 0 Å². The summed E-state index contributed by atoms with van der Waals surface area (Å²) in [6, 6.07) is 12.5. The molecule has 0 aliphatic carbocycles. The summed E-state index contributed by atoms with van der Waals surface area (Å²) in [6.45, 7) is 1.91. The number of methoxy groups -OCH3 is 1. The summed E-state index contributed by atoms with van der Waals surface area (Å²) in [5, 5.41) is 2.75.